The van der Waals surface area contributed by atoms with Gasteiger partial charge in [0.25, 0.3) is 0 Å². The van der Waals surface area contributed by atoms with Crippen molar-refractivity contribution in [3.05, 3.63) is 85.8 Å². The minimum Gasteiger partial charge on any atom is -0.438 e. The lowest BCUT2D eigenvalue weighted by molar-refractivity contribution is 0.463. The third-order valence-electron chi connectivity index (χ3n) is 3.60. The van der Waals surface area contributed by atoms with Gasteiger partial charge in [-0.05, 0) is 17.7 Å². The van der Waals surface area contributed by atoms with Crippen molar-refractivity contribution in [3.63, 3.8) is 0 Å². The van der Waals surface area contributed by atoms with E-state index in [-0.39, 0.29) is 0 Å². The molecular formula is C19H14N4O. The van der Waals surface area contributed by atoms with Gasteiger partial charge in [-0.1, -0.05) is 36.4 Å². The molecule has 5 heteroatoms. The Balaban J connectivity index is 1.69. The molecule has 116 valence electrons. The summed E-state index contributed by atoms with van der Waals surface area (Å²) in [6.07, 6.45) is 8.63. The topological polar surface area (TPSA) is 52.8 Å². The van der Waals surface area contributed by atoms with Gasteiger partial charge in [-0.15, -0.1) is 0 Å². The van der Waals surface area contributed by atoms with Gasteiger partial charge >= 0.3 is 0 Å². The zero-order valence-corrected chi connectivity index (χ0v) is 12.8. The van der Waals surface area contributed by atoms with Crippen LogP contribution in [0.15, 0.2) is 85.8 Å². The van der Waals surface area contributed by atoms with Crippen molar-refractivity contribution in [2.24, 2.45) is 0 Å². The second-order valence-corrected chi connectivity index (χ2v) is 5.18. The normalized spacial score (nSPS) is 10.5. The molecule has 0 spiro atoms. The van der Waals surface area contributed by atoms with Gasteiger partial charge in [0.1, 0.15) is 12.1 Å². The highest BCUT2D eigenvalue weighted by atomic mass is 16.5. The van der Waals surface area contributed by atoms with Crippen molar-refractivity contribution in [1.82, 2.24) is 19.5 Å². The summed E-state index contributed by atoms with van der Waals surface area (Å²) in [6.45, 7) is 0. The molecule has 0 fully saturated rings. The van der Waals surface area contributed by atoms with Crippen LogP contribution in [0.2, 0.25) is 0 Å². The predicted molar refractivity (Wildman–Crippen MR) is 91.1 cm³/mol. The Hall–Kier alpha value is -3.47. The van der Waals surface area contributed by atoms with Crippen molar-refractivity contribution >= 4 is 0 Å². The highest BCUT2D eigenvalue weighted by Crippen LogP contribution is 2.31. The van der Waals surface area contributed by atoms with Crippen LogP contribution < -0.4 is 4.74 Å². The fourth-order valence-corrected chi connectivity index (χ4v) is 2.45. The Labute approximate surface area is 139 Å². The minimum absolute atomic E-state index is 0.527. The molecule has 5 nitrogen and oxygen atoms in total. The molecule has 2 aromatic heterocycles. The molecule has 0 N–H and O–H groups in total. The number of ether oxygens (including phenoxy) is 1. The molecule has 0 saturated carbocycles. The SMILES string of the molecule is c1ccc(-c2cncnc2Oc2cccc(-n3ccnc3)c2)cc1. The van der Waals surface area contributed by atoms with Crippen LogP contribution in [0.3, 0.4) is 0 Å². The maximum Gasteiger partial charge on any atom is 0.230 e. The number of hydrogen-bond donors (Lipinski definition) is 0. The molecule has 0 aliphatic heterocycles. The van der Waals surface area contributed by atoms with Crippen molar-refractivity contribution in [3.8, 4) is 28.4 Å². The summed E-state index contributed by atoms with van der Waals surface area (Å²) < 4.78 is 7.94. The van der Waals surface area contributed by atoms with Crippen LogP contribution in [0.25, 0.3) is 16.8 Å². The molecule has 0 amide bonds. The Morgan fingerprint density at radius 1 is 0.917 bits per heavy atom. The van der Waals surface area contributed by atoms with Crippen LogP contribution >= 0.6 is 0 Å². The second kappa shape index (κ2) is 6.34. The Kier molecular flexibility index (Phi) is 3.73. The summed E-state index contributed by atoms with van der Waals surface area (Å²) >= 11 is 0. The van der Waals surface area contributed by atoms with E-state index in [1.54, 1.807) is 18.7 Å². The van der Waals surface area contributed by atoms with Gasteiger partial charge in [0.05, 0.1) is 17.6 Å². The summed E-state index contributed by atoms with van der Waals surface area (Å²) in [5.74, 6) is 1.23. The van der Waals surface area contributed by atoms with E-state index in [1.165, 1.54) is 6.33 Å². The fourth-order valence-electron chi connectivity index (χ4n) is 2.45. The standard InChI is InChI=1S/C19H14N4O/c1-2-5-15(6-3-1)18-12-21-13-22-19(18)24-17-8-4-7-16(11-17)23-10-9-20-14-23/h1-14H. The van der Waals surface area contributed by atoms with Crippen LogP contribution in [0, 0.1) is 0 Å². The smallest absolute Gasteiger partial charge is 0.230 e. The summed E-state index contributed by atoms with van der Waals surface area (Å²) in [7, 11) is 0. The summed E-state index contributed by atoms with van der Waals surface area (Å²) in [5.41, 5.74) is 2.84. The summed E-state index contributed by atoms with van der Waals surface area (Å²) in [4.78, 5) is 12.5. The molecule has 0 saturated heterocycles. The molecule has 2 heterocycles. The van der Waals surface area contributed by atoms with Crippen LogP contribution in [0.5, 0.6) is 11.6 Å². The monoisotopic (exact) mass is 314 g/mol. The molecule has 0 aliphatic carbocycles. The quantitative estimate of drug-likeness (QED) is 0.568. The van der Waals surface area contributed by atoms with E-state index in [4.69, 9.17) is 4.74 Å². The molecule has 4 aromatic rings. The molecular weight excluding hydrogens is 300 g/mol. The highest BCUT2D eigenvalue weighted by Gasteiger charge is 2.09. The number of imidazole rings is 1. The molecule has 0 bridgehead atoms. The summed E-state index contributed by atoms with van der Waals surface area (Å²) in [6, 6.07) is 17.7. The average molecular weight is 314 g/mol. The van der Waals surface area contributed by atoms with Crippen LogP contribution in [-0.4, -0.2) is 19.5 Å². The van der Waals surface area contributed by atoms with Crippen molar-refractivity contribution in [2.75, 3.05) is 0 Å². The first-order chi connectivity index (χ1) is 11.9. The fraction of sp³-hybridized carbons (Fsp3) is 0. The predicted octanol–water partition coefficient (Wildman–Crippen LogP) is 4.12. The molecule has 4 rings (SSSR count). The minimum atomic E-state index is 0.527. The summed E-state index contributed by atoms with van der Waals surface area (Å²) in [5, 5.41) is 0. The third-order valence-corrected chi connectivity index (χ3v) is 3.60. The first-order valence-electron chi connectivity index (χ1n) is 7.52. The van der Waals surface area contributed by atoms with E-state index in [1.807, 2.05) is 65.4 Å². The average Bonchev–Trinajstić information content (AvgIpc) is 3.18. The lowest BCUT2D eigenvalue weighted by Crippen LogP contribution is -1.95. The zero-order chi connectivity index (χ0) is 16.2. The number of hydrogen-bond acceptors (Lipinski definition) is 4. The van der Waals surface area contributed by atoms with Gasteiger partial charge < -0.3 is 9.30 Å². The number of aromatic nitrogens is 4. The molecule has 0 unspecified atom stereocenters. The molecule has 0 radical (unpaired) electrons. The Morgan fingerprint density at radius 2 is 1.83 bits per heavy atom. The number of benzene rings is 2. The molecule has 2 aromatic carbocycles. The van der Waals surface area contributed by atoms with Gasteiger partial charge in [0, 0.05) is 24.7 Å². The van der Waals surface area contributed by atoms with Crippen LogP contribution in [-0.2, 0) is 0 Å². The highest BCUT2D eigenvalue weighted by molar-refractivity contribution is 5.67. The lowest BCUT2D eigenvalue weighted by Gasteiger charge is -2.10. The first-order valence-corrected chi connectivity index (χ1v) is 7.52. The van der Waals surface area contributed by atoms with E-state index in [0.717, 1.165) is 16.8 Å². The Bertz CT molecular complexity index is 937. The van der Waals surface area contributed by atoms with Gasteiger partial charge in [0.15, 0.2) is 0 Å². The van der Waals surface area contributed by atoms with Crippen LogP contribution in [0.1, 0.15) is 0 Å². The van der Waals surface area contributed by atoms with Crippen molar-refractivity contribution in [2.45, 2.75) is 0 Å². The third kappa shape index (κ3) is 2.87. The molecule has 0 aliphatic rings. The van der Waals surface area contributed by atoms with Crippen molar-refractivity contribution < 1.29 is 4.74 Å². The van der Waals surface area contributed by atoms with Gasteiger partial charge in [0.2, 0.25) is 5.88 Å². The zero-order valence-electron chi connectivity index (χ0n) is 12.8. The number of rotatable bonds is 4. The molecule has 24 heavy (non-hydrogen) atoms. The maximum absolute atomic E-state index is 6.02. The van der Waals surface area contributed by atoms with E-state index in [2.05, 4.69) is 15.0 Å². The molecule has 0 atom stereocenters. The van der Waals surface area contributed by atoms with E-state index in [9.17, 15) is 0 Å². The van der Waals surface area contributed by atoms with E-state index in [0.29, 0.717) is 11.6 Å². The Morgan fingerprint density at radius 3 is 2.67 bits per heavy atom. The van der Waals surface area contributed by atoms with Crippen LogP contribution in [0.4, 0.5) is 0 Å². The second-order valence-electron chi connectivity index (χ2n) is 5.18. The first kappa shape index (κ1) is 14.1. The largest absolute Gasteiger partial charge is 0.438 e. The van der Waals surface area contributed by atoms with Gasteiger partial charge in [-0.3, -0.25) is 0 Å². The van der Waals surface area contributed by atoms with Gasteiger partial charge in [-0.25, -0.2) is 15.0 Å². The van der Waals surface area contributed by atoms with E-state index >= 15 is 0 Å². The lowest BCUT2D eigenvalue weighted by atomic mass is 10.1. The van der Waals surface area contributed by atoms with Gasteiger partial charge in [-0.2, -0.15) is 0 Å². The van der Waals surface area contributed by atoms with Crippen molar-refractivity contribution in [1.29, 1.82) is 0 Å². The number of nitrogens with zero attached hydrogens (tertiary/aromatic N) is 4. The van der Waals surface area contributed by atoms with E-state index < -0.39 is 0 Å². The maximum atomic E-state index is 6.02.